The van der Waals surface area contributed by atoms with Crippen LogP contribution in [0.1, 0.15) is 24.0 Å². The number of likely N-dealkylation sites (tertiary alicyclic amines) is 1. The third-order valence-electron chi connectivity index (χ3n) is 5.41. The van der Waals surface area contributed by atoms with Crippen LogP contribution < -0.4 is 20.5 Å². The van der Waals surface area contributed by atoms with Crippen molar-refractivity contribution in [2.75, 3.05) is 39.2 Å². The fourth-order valence-corrected chi connectivity index (χ4v) is 3.61. The molecule has 1 fully saturated rings. The number of hydrogen-bond acceptors (Lipinski definition) is 4. The zero-order valence-electron chi connectivity index (χ0n) is 18.1. The van der Waals surface area contributed by atoms with Gasteiger partial charge in [-0.15, -0.1) is 24.0 Å². The van der Waals surface area contributed by atoms with E-state index >= 15 is 0 Å². The molecule has 1 saturated heterocycles. The number of halogens is 1. The van der Waals surface area contributed by atoms with E-state index in [1.165, 1.54) is 11.1 Å². The Hall–Kier alpha value is -2.00. The van der Waals surface area contributed by atoms with Gasteiger partial charge in [-0.25, -0.2) is 0 Å². The van der Waals surface area contributed by atoms with Crippen LogP contribution in [0.4, 0.5) is 5.69 Å². The van der Waals surface area contributed by atoms with Gasteiger partial charge in [0.25, 0.3) is 0 Å². The Kier molecular flexibility index (Phi) is 9.71. The van der Waals surface area contributed by atoms with E-state index in [0.717, 1.165) is 44.7 Å². The number of ether oxygens (including phenoxy) is 2. The summed E-state index contributed by atoms with van der Waals surface area (Å²) in [5.41, 5.74) is 9.61. The highest BCUT2D eigenvalue weighted by Gasteiger charge is 2.19. The van der Waals surface area contributed by atoms with Crippen molar-refractivity contribution in [1.82, 2.24) is 4.90 Å². The second kappa shape index (κ2) is 12.0. The van der Waals surface area contributed by atoms with Crippen molar-refractivity contribution in [3.8, 4) is 11.5 Å². The molecule has 6 nitrogen and oxygen atoms in total. The van der Waals surface area contributed by atoms with E-state index < -0.39 is 0 Å². The van der Waals surface area contributed by atoms with Crippen LogP contribution in [0.25, 0.3) is 0 Å². The van der Waals surface area contributed by atoms with Gasteiger partial charge in [0, 0.05) is 24.8 Å². The van der Waals surface area contributed by atoms with Gasteiger partial charge in [0.2, 0.25) is 0 Å². The van der Waals surface area contributed by atoms with Crippen LogP contribution in [-0.2, 0) is 6.54 Å². The molecule has 3 N–H and O–H groups in total. The molecule has 0 atom stereocenters. The molecule has 3 rings (SSSR count). The van der Waals surface area contributed by atoms with Gasteiger partial charge in [-0.2, -0.15) is 0 Å². The maximum absolute atomic E-state index is 6.08. The van der Waals surface area contributed by atoms with E-state index in [0.29, 0.717) is 23.4 Å². The Morgan fingerprint density at radius 1 is 1.07 bits per heavy atom. The number of nitrogens with zero attached hydrogens (tertiary/aromatic N) is 2. The average molecular weight is 524 g/mol. The number of nitrogens with one attached hydrogen (secondary N) is 1. The second-order valence-corrected chi connectivity index (χ2v) is 7.63. The molecule has 0 aliphatic carbocycles. The zero-order chi connectivity index (χ0) is 20.6. The Bertz CT molecular complexity index is 818. The number of benzene rings is 2. The molecule has 1 aliphatic rings. The molecule has 1 aliphatic heterocycles. The molecule has 0 saturated carbocycles. The van der Waals surface area contributed by atoms with Gasteiger partial charge in [-0.3, -0.25) is 9.89 Å². The van der Waals surface area contributed by atoms with Crippen molar-refractivity contribution < 1.29 is 9.47 Å². The summed E-state index contributed by atoms with van der Waals surface area (Å²) in [7, 11) is 3.23. The summed E-state index contributed by atoms with van der Waals surface area (Å²) in [5.74, 6) is 2.35. The topological polar surface area (TPSA) is 72.1 Å². The number of aryl methyl sites for hydroxylation is 1. The highest BCUT2D eigenvalue weighted by atomic mass is 127. The first kappa shape index (κ1) is 24.3. The lowest BCUT2D eigenvalue weighted by Gasteiger charge is -2.31. The molecule has 0 bridgehead atoms. The lowest BCUT2D eigenvalue weighted by Crippen LogP contribution is -2.34. The Labute approximate surface area is 196 Å². The molecule has 0 radical (unpaired) electrons. The minimum Gasteiger partial charge on any atom is -0.493 e. The Morgan fingerprint density at radius 3 is 2.37 bits per heavy atom. The van der Waals surface area contributed by atoms with E-state index in [1.54, 1.807) is 14.2 Å². The third kappa shape index (κ3) is 7.05. The predicted molar refractivity (Wildman–Crippen MR) is 134 cm³/mol. The molecular weight excluding hydrogens is 491 g/mol. The van der Waals surface area contributed by atoms with E-state index in [4.69, 9.17) is 15.2 Å². The maximum Gasteiger partial charge on any atom is 0.193 e. The minimum atomic E-state index is 0. The summed E-state index contributed by atoms with van der Waals surface area (Å²) in [5, 5.41) is 3.14. The first-order chi connectivity index (χ1) is 14.1. The number of guanidine groups is 1. The first-order valence-electron chi connectivity index (χ1n) is 10.1. The number of rotatable bonds is 7. The Morgan fingerprint density at radius 2 is 1.73 bits per heavy atom. The van der Waals surface area contributed by atoms with Crippen molar-refractivity contribution in [3.63, 3.8) is 0 Å². The van der Waals surface area contributed by atoms with Crippen LogP contribution in [0.5, 0.6) is 11.5 Å². The summed E-state index contributed by atoms with van der Waals surface area (Å²) in [6, 6.07) is 14.4. The highest BCUT2D eigenvalue weighted by molar-refractivity contribution is 14.0. The monoisotopic (exact) mass is 524 g/mol. The Balaban J connectivity index is 0.00000320. The smallest absolute Gasteiger partial charge is 0.193 e. The number of nitrogens with two attached hydrogens (primary N) is 1. The number of piperidine rings is 1. The summed E-state index contributed by atoms with van der Waals surface area (Å²) in [6.45, 7) is 6.12. The number of aliphatic imine (C=N–C) groups is 1. The molecule has 0 spiro atoms. The van der Waals surface area contributed by atoms with Crippen molar-refractivity contribution in [2.24, 2.45) is 16.6 Å². The van der Waals surface area contributed by atoms with Gasteiger partial charge in [0.15, 0.2) is 17.5 Å². The van der Waals surface area contributed by atoms with Crippen molar-refractivity contribution >= 4 is 35.6 Å². The summed E-state index contributed by atoms with van der Waals surface area (Å²) < 4.78 is 10.6. The fourth-order valence-electron chi connectivity index (χ4n) is 3.61. The van der Waals surface area contributed by atoms with Crippen molar-refractivity contribution in [2.45, 2.75) is 26.3 Å². The normalized spacial score (nSPS) is 15.4. The lowest BCUT2D eigenvalue weighted by atomic mass is 9.96. The van der Waals surface area contributed by atoms with E-state index in [9.17, 15) is 0 Å². The van der Waals surface area contributed by atoms with Gasteiger partial charge < -0.3 is 20.5 Å². The van der Waals surface area contributed by atoms with Crippen molar-refractivity contribution in [1.29, 1.82) is 0 Å². The second-order valence-electron chi connectivity index (χ2n) is 7.63. The van der Waals surface area contributed by atoms with E-state index in [1.807, 2.05) is 18.2 Å². The third-order valence-corrected chi connectivity index (χ3v) is 5.41. The van der Waals surface area contributed by atoms with Gasteiger partial charge in [-0.1, -0.05) is 29.8 Å². The number of hydrogen-bond donors (Lipinski definition) is 2. The van der Waals surface area contributed by atoms with Crippen LogP contribution >= 0.6 is 24.0 Å². The maximum atomic E-state index is 6.08. The average Bonchev–Trinajstić information content (AvgIpc) is 2.74. The molecule has 30 heavy (non-hydrogen) atoms. The standard InChI is InChI=1S/C23H32N4O2.HI/c1-17-4-6-19(7-5-17)16-27-12-10-18(11-13-27)15-25-23(24)26-20-8-9-21(28-2)22(14-20)29-3;/h4-9,14,18H,10-13,15-16H2,1-3H3,(H3,24,25,26);1H. The molecule has 0 unspecified atom stereocenters. The molecule has 0 aromatic heterocycles. The van der Waals surface area contributed by atoms with Gasteiger partial charge in [-0.05, 0) is 56.5 Å². The lowest BCUT2D eigenvalue weighted by molar-refractivity contribution is 0.180. The van der Waals surface area contributed by atoms with E-state index in [-0.39, 0.29) is 24.0 Å². The number of anilines is 1. The molecule has 2 aromatic rings. The van der Waals surface area contributed by atoms with Gasteiger partial charge in [0.1, 0.15) is 0 Å². The minimum absolute atomic E-state index is 0. The molecule has 164 valence electrons. The molecule has 2 aromatic carbocycles. The SMILES string of the molecule is COc1ccc(NC(N)=NCC2CCN(Cc3ccc(C)cc3)CC2)cc1OC.I. The van der Waals surface area contributed by atoms with Crippen LogP contribution in [0.15, 0.2) is 47.5 Å². The highest BCUT2D eigenvalue weighted by Crippen LogP contribution is 2.29. The molecule has 1 heterocycles. The van der Waals surface area contributed by atoms with Crippen molar-refractivity contribution in [3.05, 3.63) is 53.6 Å². The summed E-state index contributed by atoms with van der Waals surface area (Å²) >= 11 is 0. The quantitative estimate of drug-likeness (QED) is 0.322. The fraction of sp³-hybridized carbons (Fsp3) is 0.435. The van der Waals surface area contributed by atoms with E-state index in [2.05, 4.69) is 46.4 Å². The van der Waals surface area contributed by atoms with Crippen LogP contribution in [0.3, 0.4) is 0 Å². The summed E-state index contributed by atoms with van der Waals surface area (Å²) in [4.78, 5) is 7.08. The zero-order valence-corrected chi connectivity index (χ0v) is 20.4. The first-order valence-corrected chi connectivity index (χ1v) is 10.1. The van der Waals surface area contributed by atoms with Gasteiger partial charge in [0.05, 0.1) is 14.2 Å². The summed E-state index contributed by atoms with van der Waals surface area (Å²) in [6.07, 6.45) is 2.30. The molecule has 7 heteroatoms. The predicted octanol–water partition coefficient (Wildman–Crippen LogP) is 4.27. The van der Waals surface area contributed by atoms with Crippen LogP contribution in [0, 0.1) is 12.8 Å². The van der Waals surface area contributed by atoms with Crippen LogP contribution in [-0.4, -0.2) is 44.7 Å². The van der Waals surface area contributed by atoms with Crippen LogP contribution in [0.2, 0.25) is 0 Å². The van der Waals surface area contributed by atoms with Gasteiger partial charge >= 0.3 is 0 Å². The number of methoxy groups -OCH3 is 2. The molecular formula is C23H33IN4O2. The largest absolute Gasteiger partial charge is 0.493 e. The molecule has 0 amide bonds.